The van der Waals surface area contributed by atoms with Gasteiger partial charge in [0.15, 0.2) is 5.82 Å². The molecule has 3 heterocycles. The smallest absolute Gasteiger partial charge is 0.159 e. The van der Waals surface area contributed by atoms with Crippen LogP contribution in [-0.2, 0) is 0 Å². The summed E-state index contributed by atoms with van der Waals surface area (Å²) >= 11 is 0. The molecule has 4 nitrogen and oxygen atoms in total. The van der Waals surface area contributed by atoms with Gasteiger partial charge in [-0.25, -0.2) is 0 Å². The lowest BCUT2D eigenvalue weighted by molar-refractivity contribution is 0.563. The standard InChI is InChI=1S/C16H20N4/c1-11-14-4-2-3-5-15(14)16(19-18-11)20-9-8-12-6-7-13(10-20)17-12/h2-5,12-13,17H,6-10H2,1H3. The molecule has 2 saturated heterocycles. The molecule has 2 bridgehead atoms. The van der Waals surface area contributed by atoms with E-state index in [9.17, 15) is 0 Å². The van der Waals surface area contributed by atoms with Crippen LogP contribution in [0.25, 0.3) is 10.8 Å². The molecule has 0 saturated carbocycles. The predicted molar refractivity (Wildman–Crippen MR) is 81.1 cm³/mol. The van der Waals surface area contributed by atoms with E-state index in [0.29, 0.717) is 12.1 Å². The Hall–Kier alpha value is -1.68. The third kappa shape index (κ3) is 1.95. The van der Waals surface area contributed by atoms with Crippen molar-refractivity contribution in [2.24, 2.45) is 0 Å². The summed E-state index contributed by atoms with van der Waals surface area (Å²) < 4.78 is 0. The summed E-state index contributed by atoms with van der Waals surface area (Å²) in [4.78, 5) is 2.42. The van der Waals surface area contributed by atoms with Gasteiger partial charge in [0.2, 0.25) is 0 Å². The second-order valence-corrected chi connectivity index (χ2v) is 6.03. The Bertz CT molecular complexity index is 639. The van der Waals surface area contributed by atoms with Crippen LogP contribution < -0.4 is 10.2 Å². The number of nitrogens with zero attached hydrogens (tertiary/aromatic N) is 3. The van der Waals surface area contributed by atoms with E-state index < -0.39 is 0 Å². The monoisotopic (exact) mass is 268 g/mol. The molecule has 1 N–H and O–H groups in total. The number of aryl methyl sites for hydroxylation is 1. The lowest BCUT2D eigenvalue weighted by Crippen LogP contribution is -2.36. The number of benzene rings is 1. The Morgan fingerprint density at radius 3 is 2.75 bits per heavy atom. The summed E-state index contributed by atoms with van der Waals surface area (Å²) in [5.41, 5.74) is 1.01. The fourth-order valence-electron chi connectivity index (χ4n) is 3.59. The Labute approximate surface area is 119 Å². The van der Waals surface area contributed by atoms with Crippen molar-refractivity contribution in [1.82, 2.24) is 15.5 Å². The Morgan fingerprint density at radius 2 is 1.85 bits per heavy atom. The van der Waals surface area contributed by atoms with Crippen molar-refractivity contribution in [3.05, 3.63) is 30.0 Å². The molecule has 104 valence electrons. The van der Waals surface area contributed by atoms with Gasteiger partial charge in [-0.15, -0.1) is 5.10 Å². The molecular weight excluding hydrogens is 248 g/mol. The van der Waals surface area contributed by atoms with Crippen molar-refractivity contribution in [1.29, 1.82) is 0 Å². The van der Waals surface area contributed by atoms with Gasteiger partial charge in [0.05, 0.1) is 5.69 Å². The third-order valence-corrected chi connectivity index (χ3v) is 4.68. The number of hydrogen-bond acceptors (Lipinski definition) is 4. The summed E-state index contributed by atoms with van der Waals surface area (Å²) in [5.74, 6) is 1.06. The van der Waals surface area contributed by atoms with Crippen LogP contribution in [0, 0.1) is 6.92 Å². The summed E-state index contributed by atoms with van der Waals surface area (Å²) in [6.45, 7) is 4.17. The first-order valence-corrected chi connectivity index (χ1v) is 7.54. The predicted octanol–water partition coefficient (Wildman–Crippen LogP) is 2.27. The number of rotatable bonds is 1. The van der Waals surface area contributed by atoms with Crippen molar-refractivity contribution in [3.63, 3.8) is 0 Å². The highest BCUT2D eigenvalue weighted by Crippen LogP contribution is 2.29. The molecule has 0 aliphatic carbocycles. The van der Waals surface area contributed by atoms with E-state index in [1.807, 2.05) is 6.92 Å². The molecule has 1 aromatic heterocycles. The molecule has 2 aliphatic heterocycles. The minimum atomic E-state index is 0.615. The van der Waals surface area contributed by atoms with Gasteiger partial charge in [0, 0.05) is 35.9 Å². The largest absolute Gasteiger partial charge is 0.353 e. The molecule has 1 aromatic carbocycles. The van der Waals surface area contributed by atoms with Gasteiger partial charge in [0.25, 0.3) is 0 Å². The molecule has 4 rings (SSSR count). The van der Waals surface area contributed by atoms with Crippen LogP contribution in [0.2, 0.25) is 0 Å². The summed E-state index contributed by atoms with van der Waals surface area (Å²) in [6.07, 6.45) is 3.83. The highest BCUT2D eigenvalue weighted by molar-refractivity contribution is 5.93. The topological polar surface area (TPSA) is 41.1 Å². The molecule has 2 fully saturated rings. The van der Waals surface area contributed by atoms with Gasteiger partial charge in [0.1, 0.15) is 0 Å². The van der Waals surface area contributed by atoms with Crippen LogP contribution in [0.5, 0.6) is 0 Å². The zero-order valence-corrected chi connectivity index (χ0v) is 11.8. The lowest BCUT2D eigenvalue weighted by Gasteiger charge is -2.26. The summed E-state index contributed by atoms with van der Waals surface area (Å²) in [6, 6.07) is 9.80. The fraction of sp³-hybridized carbons (Fsp3) is 0.500. The number of anilines is 1. The molecule has 0 radical (unpaired) electrons. The van der Waals surface area contributed by atoms with E-state index in [2.05, 4.69) is 44.7 Å². The van der Waals surface area contributed by atoms with Crippen LogP contribution in [0.1, 0.15) is 25.0 Å². The maximum absolute atomic E-state index is 4.50. The van der Waals surface area contributed by atoms with Gasteiger partial charge >= 0.3 is 0 Å². The SMILES string of the molecule is Cc1nnc(N2CCC3CCC(C2)N3)c2ccccc12. The zero-order valence-electron chi connectivity index (χ0n) is 11.8. The maximum Gasteiger partial charge on any atom is 0.159 e. The fourth-order valence-corrected chi connectivity index (χ4v) is 3.59. The van der Waals surface area contributed by atoms with Crippen LogP contribution in [0.3, 0.4) is 0 Å². The van der Waals surface area contributed by atoms with E-state index >= 15 is 0 Å². The average Bonchev–Trinajstić information content (AvgIpc) is 2.80. The van der Waals surface area contributed by atoms with Crippen LogP contribution in [0.4, 0.5) is 5.82 Å². The molecule has 2 unspecified atom stereocenters. The normalized spacial score (nSPS) is 25.9. The first-order chi connectivity index (χ1) is 9.81. The van der Waals surface area contributed by atoms with Gasteiger partial charge in [-0.05, 0) is 26.2 Å². The van der Waals surface area contributed by atoms with Crippen molar-refractivity contribution in [3.8, 4) is 0 Å². The van der Waals surface area contributed by atoms with Crippen molar-refractivity contribution in [2.45, 2.75) is 38.3 Å². The summed E-state index contributed by atoms with van der Waals surface area (Å²) in [7, 11) is 0. The van der Waals surface area contributed by atoms with Gasteiger partial charge in [-0.2, -0.15) is 5.10 Å². The number of aromatic nitrogens is 2. The third-order valence-electron chi connectivity index (χ3n) is 4.68. The summed E-state index contributed by atoms with van der Waals surface area (Å²) in [5, 5.41) is 15.0. The van der Waals surface area contributed by atoms with Gasteiger partial charge in [-0.1, -0.05) is 24.3 Å². The van der Waals surface area contributed by atoms with Crippen LogP contribution >= 0.6 is 0 Å². The minimum absolute atomic E-state index is 0.615. The lowest BCUT2D eigenvalue weighted by atomic mass is 10.1. The Balaban J connectivity index is 1.76. The average molecular weight is 268 g/mol. The molecular formula is C16H20N4. The molecule has 0 amide bonds. The first-order valence-electron chi connectivity index (χ1n) is 7.54. The molecule has 0 spiro atoms. The number of fused-ring (bicyclic) bond motifs is 3. The quantitative estimate of drug-likeness (QED) is 0.861. The molecule has 20 heavy (non-hydrogen) atoms. The minimum Gasteiger partial charge on any atom is -0.353 e. The van der Waals surface area contributed by atoms with Crippen LogP contribution in [-0.4, -0.2) is 35.4 Å². The number of hydrogen-bond donors (Lipinski definition) is 1. The second-order valence-electron chi connectivity index (χ2n) is 6.03. The zero-order chi connectivity index (χ0) is 13.5. The second kappa shape index (κ2) is 4.70. The van der Waals surface area contributed by atoms with Crippen molar-refractivity contribution >= 4 is 16.6 Å². The van der Waals surface area contributed by atoms with E-state index in [0.717, 1.165) is 24.6 Å². The maximum atomic E-state index is 4.50. The number of nitrogens with one attached hydrogen (secondary N) is 1. The highest BCUT2D eigenvalue weighted by atomic mass is 15.3. The first kappa shape index (κ1) is 12.1. The van der Waals surface area contributed by atoms with E-state index in [1.54, 1.807) is 0 Å². The van der Waals surface area contributed by atoms with Crippen LogP contribution in [0.15, 0.2) is 24.3 Å². The van der Waals surface area contributed by atoms with Gasteiger partial charge in [-0.3, -0.25) is 0 Å². The highest BCUT2D eigenvalue weighted by Gasteiger charge is 2.30. The van der Waals surface area contributed by atoms with Gasteiger partial charge < -0.3 is 10.2 Å². The van der Waals surface area contributed by atoms with E-state index in [4.69, 9.17) is 0 Å². The molecule has 2 atom stereocenters. The van der Waals surface area contributed by atoms with E-state index in [1.165, 1.54) is 30.0 Å². The Kier molecular flexibility index (Phi) is 2.84. The molecule has 2 aliphatic rings. The van der Waals surface area contributed by atoms with E-state index in [-0.39, 0.29) is 0 Å². The van der Waals surface area contributed by atoms with Crippen molar-refractivity contribution < 1.29 is 0 Å². The Morgan fingerprint density at radius 1 is 1.05 bits per heavy atom. The van der Waals surface area contributed by atoms with Crippen molar-refractivity contribution in [2.75, 3.05) is 18.0 Å². The molecule has 4 heteroatoms. The molecule has 2 aromatic rings.